The summed E-state index contributed by atoms with van der Waals surface area (Å²) in [5.74, 6) is -3.67. The van der Waals surface area contributed by atoms with Crippen LogP contribution in [-0.4, -0.2) is 19.0 Å². The van der Waals surface area contributed by atoms with E-state index in [2.05, 4.69) is 16.7 Å². The van der Waals surface area contributed by atoms with Crippen molar-refractivity contribution < 1.29 is 18.0 Å². The van der Waals surface area contributed by atoms with Crippen molar-refractivity contribution in [2.45, 2.75) is 32.1 Å². The summed E-state index contributed by atoms with van der Waals surface area (Å²) in [4.78, 5) is 11.6. The molecule has 0 saturated carbocycles. The van der Waals surface area contributed by atoms with Crippen LogP contribution in [0.25, 0.3) is 0 Å². The van der Waals surface area contributed by atoms with Gasteiger partial charge in [0.15, 0.2) is 11.6 Å². The number of hydrogen-bond donors (Lipinski definition) is 2. The van der Waals surface area contributed by atoms with Crippen molar-refractivity contribution in [2.24, 2.45) is 0 Å². The van der Waals surface area contributed by atoms with Crippen molar-refractivity contribution in [1.82, 2.24) is 5.32 Å². The Morgan fingerprint density at radius 1 is 1.09 bits per heavy atom. The SMILES string of the molecule is O=C(CNc1cc(F)c(F)cc1F)NCCC1=CCCCC1. The molecule has 2 rings (SSSR count). The van der Waals surface area contributed by atoms with Gasteiger partial charge in [0.05, 0.1) is 12.2 Å². The Morgan fingerprint density at radius 2 is 1.86 bits per heavy atom. The van der Waals surface area contributed by atoms with Crippen molar-refractivity contribution in [1.29, 1.82) is 0 Å². The average Bonchev–Trinajstić information content (AvgIpc) is 2.50. The highest BCUT2D eigenvalue weighted by Crippen LogP contribution is 2.19. The van der Waals surface area contributed by atoms with Gasteiger partial charge in [0.2, 0.25) is 5.91 Å². The summed E-state index contributed by atoms with van der Waals surface area (Å²) in [6, 6.07) is 1.15. The smallest absolute Gasteiger partial charge is 0.239 e. The molecule has 0 aliphatic heterocycles. The lowest BCUT2D eigenvalue weighted by Crippen LogP contribution is -2.31. The van der Waals surface area contributed by atoms with Gasteiger partial charge in [0.25, 0.3) is 0 Å². The van der Waals surface area contributed by atoms with E-state index in [4.69, 9.17) is 0 Å². The van der Waals surface area contributed by atoms with Gasteiger partial charge >= 0.3 is 0 Å². The van der Waals surface area contributed by atoms with Gasteiger partial charge in [0.1, 0.15) is 5.82 Å². The van der Waals surface area contributed by atoms with Crippen LogP contribution in [0.5, 0.6) is 0 Å². The Hall–Kier alpha value is -1.98. The highest BCUT2D eigenvalue weighted by atomic mass is 19.2. The predicted molar refractivity (Wildman–Crippen MR) is 79.0 cm³/mol. The third kappa shape index (κ3) is 4.79. The fraction of sp³-hybridized carbons (Fsp3) is 0.438. The van der Waals surface area contributed by atoms with E-state index in [-0.39, 0.29) is 18.1 Å². The molecule has 1 aliphatic rings. The fourth-order valence-corrected chi connectivity index (χ4v) is 2.39. The normalized spacial score (nSPS) is 14.4. The van der Waals surface area contributed by atoms with Crippen LogP contribution in [-0.2, 0) is 4.79 Å². The summed E-state index contributed by atoms with van der Waals surface area (Å²) in [6.45, 7) is 0.327. The minimum absolute atomic E-state index is 0.193. The molecule has 0 heterocycles. The lowest BCUT2D eigenvalue weighted by molar-refractivity contribution is -0.119. The third-order valence-corrected chi connectivity index (χ3v) is 3.60. The van der Waals surface area contributed by atoms with Crippen LogP contribution in [0.2, 0.25) is 0 Å². The second-order valence-corrected chi connectivity index (χ2v) is 5.31. The molecule has 0 atom stereocenters. The maximum Gasteiger partial charge on any atom is 0.239 e. The lowest BCUT2D eigenvalue weighted by Gasteiger charge is -2.13. The van der Waals surface area contributed by atoms with Gasteiger partial charge in [-0.25, -0.2) is 13.2 Å². The summed E-state index contributed by atoms with van der Waals surface area (Å²) >= 11 is 0. The van der Waals surface area contributed by atoms with Gasteiger partial charge in [-0.1, -0.05) is 11.6 Å². The predicted octanol–water partition coefficient (Wildman–Crippen LogP) is 3.52. The number of carbonyl (C=O) groups is 1. The first-order valence-electron chi connectivity index (χ1n) is 7.39. The Morgan fingerprint density at radius 3 is 2.59 bits per heavy atom. The molecule has 0 radical (unpaired) electrons. The molecule has 3 nitrogen and oxygen atoms in total. The summed E-state index contributed by atoms with van der Waals surface area (Å²) < 4.78 is 39.1. The molecule has 120 valence electrons. The summed E-state index contributed by atoms with van der Waals surface area (Å²) in [5.41, 5.74) is 1.12. The van der Waals surface area contributed by atoms with Crippen molar-refractivity contribution in [3.63, 3.8) is 0 Å². The zero-order valence-corrected chi connectivity index (χ0v) is 12.2. The molecule has 1 amide bonds. The molecule has 0 bridgehead atoms. The summed E-state index contributed by atoms with van der Waals surface area (Å²) in [6.07, 6.45) is 7.61. The van der Waals surface area contributed by atoms with Gasteiger partial charge in [-0.15, -0.1) is 0 Å². The van der Waals surface area contributed by atoms with Crippen molar-refractivity contribution in [3.05, 3.63) is 41.2 Å². The number of rotatable bonds is 6. The van der Waals surface area contributed by atoms with Crippen LogP contribution in [0.4, 0.5) is 18.9 Å². The lowest BCUT2D eigenvalue weighted by atomic mass is 9.97. The van der Waals surface area contributed by atoms with Crippen molar-refractivity contribution in [3.8, 4) is 0 Å². The zero-order chi connectivity index (χ0) is 15.9. The molecule has 2 N–H and O–H groups in total. The van der Waals surface area contributed by atoms with Crippen LogP contribution < -0.4 is 10.6 Å². The monoisotopic (exact) mass is 312 g/mol. The first-order chi connectivity index (χ1) is 10.6. The minimum atomic E-state index is -1.26. The maximum atomic E-state index is 13.4. The molecule has 0 spiro atoms. The van der Waals surface area contributed by atoms with E-state index >= 15 is 0 Å². The molecule has 0 saturated heterocycles. The number of anilines is 1. The van der Waals surface area contributed by atoms with Gasteiger partial charge < -0.3 is 10.6 Å². The third-order valence-electron chi connectivity index (χ3n) is 3.60. The Bertz CT molecular complexity index is 573. The molecule has 0 aromatic heterocycles. The molecule has 1 aromatic rings. The highest BCUT2D eigenvalue weighted by molar-refractivity contribution is 5.80. The number of halogens is 3. The molecule has 6 heteroatoms. The molecular weight excluding hydrogens is 293 g/mol. The number of allylic oxidation sites excluding steroid dienone is 1. The topological polar surface area (TPSA) is 41.1 Å². The van der Waals surface area contributed by atoms with E-state index in [0.717, 1.165) is 19.3 Å². The molecule has 0 fully saturated rings. The zero-order valence-electron chi connectivity index (χ0n) is 12.2. The van der Waals surface area contributed by atoms with Crippen LogP contribution in [0, 0.1) is 17.5 Å². The number of nitrogens with one attached hydrogen (secondary N) is 2. The van der Waals surface area contributed by atoms with Crippen LogP contribution >= 0.6 is 0 Å². The van der Waals surface area contributed by atoms with E-state index in [1.165, 1.54) is 18.4 Å². The van der Waals surface area contributed by atoms with E-state index in [1.807, 2.05) is 0 Å². The van der Waals surface area contributed by atoms with E-state index in [1.54, 1.807) is 0 Å². The number of benzene rings is 1. The van der Waals surface area contributed by atoms with Crippen LogP contribution in [0.15, 0.2) is 23.8 Å². The number of hydrogen-bond acceptors (Lipinski definition) is 2. The first-order valence-corrected chi connectivity index (χ1v) is 7.39. The minimum Gasteiger partial charge on any atom is -0.374 e. The van der Waals surface area contributed by atoms with Gasteiger partial charge in [-0.05, 0) is 32.1 Å². The van der Waals surface area contributed by atoms with E-state index in [9.17, 15) is 18.0 Å². The largest absolute Gasteiger partial charge is 0.374 e. The van der Waals surface area contributed by atoms with Gasteiger partial charge in [-0.2, -0.15) is 0 Å². The standard InChI is InChI=1S/C16H19F3N2O/c17-12-8-14(19)15(9-13(12)18)21-10-16(22)20-7-6-11-4-2-1-3-5-11/h4,8-9,21H,1-3,5-7,10H2,(H,20,22). The quantitative estimate of drug-likeness (QED) is 0.623. The van der Waals surface area contributed by atoms with Crippen LogP contribution in [0.3, 0.4) is 0 Å². The Labute approximate surface area is 127 Å². The highest BCUT2D eigenvalue weighted by Gasteiger charge is 2.11. The molecule has 1 aliphatic carbocycles. The fourth-order valence-electron chi connectivity index (χ4n) is 2.39. The van der Waals surface area contributed by atoms with E-state index < -0.39 is 17.5 Å². The number of carbonyl (C=O) groups excluding carboxylic acids is 1. The molecular formula is C16H19F3N2O. The molecule has 22 heavy (non-hydrogen) atoms. The first kappa shape index (κ1) is 16.4. The summed E-state index contributed by atoms with van der Waals surface area (Å²) in [5, 5.41) is 5.17. The second kappa shape index (κ2) is 7.87. The number of amides is 1. The molecule has 0 unspecified atom stereocenters. The van der Waals surface area contributed by atoms with Gasteiger partial charge in [-0.3, -0.25) is 4.79 Å². The van der Waals surface area contributed by atoms with Crippen LogP contribution in [0.1, 0.15) is 32.1 Å². The van der Waals surface area contributed by atoms with E-state index in [0.29, 0.717) is 18.7 Å². The Balaban J connectivity index is 1.73. The second-order valence-electron chi connectivity index (χ2n) is 5.31. The van der Waals surface area contributed by atoms with Crippen molar-refractivity contribution in [2.75, 3.05) is 18.4 Å². The van der Waals surface area contributed by atoms with Crippen molar-refractivity contribution >= 4 is 11.6 Å². The summed E-state index contributed by atoms with van der Waals surface area (Å²) in [7, 11) is 0. The Kier molecular flexibility index (Phi) is 5.86. The maximum absolute atomic E-state index is 13.4. The van der Waals surface area contributed by atoms with Gasteiger partial charge in [0, 0.05) is 18.7 Å². The molecule has 1 aromatic carbocycles. The average molecular weight is 312 g/mol.